The van der Waals surface area contributed by atoms with E-state index < -0.39 is 0 Å². The number of aryl methyl sites for hydroxylation is 1. The van der Waals surface area contributed by atoms with Gasteiger partial charge in [0.1, 0.15) is 0 Å². The maximum atomic E-state index is 8.36. The van der Waals surface area contributed by atoms with Crippen molar-refractivity contribution in [3.63, 3.8) is 0 Å². The summed E-state index contributed by atoms with van der Waals surface area (Å²) in [5, 5.41) is 6.89. The van der Waals surface area contributed by atoms with Crippen molar-refractivity contribution in [1.82, 2.24) is 4.98 Å². The number of hydrogen-bond acceptors (Lipinski definition) is 3. The second kappa shape index (κ2) is 5.22. The first-order chi connectivity index (χ1) is 5.22. The van der Waals surface area contributed by atoms with E-state index in [-0.39, 0.29) is 6.47 Å². The van der Waals surface area contributed by atoms with Crippen molar-refractivity contribution < 1.29 is 9.90 Å². The highest BCUT2D eigenvalue weighted by Gasteiger charge is 1.85. The second-order valence-corrected chi connectivity index (χ2v) is 1.84. The van der Waals surface area contributed by atoms with Gasteiger partial charge >= 0.3 is 0 Å². The smallest absolute Gasteiger partial charge is 0.290 e. The molecule has 0 saturated heterocycles. The van der Waals surface area contributed by atoms with Gasteiger partial charge in [0.25, 0.3) is 6.47 Å². The molecule has 0 aromatic carbocycles. The van der Waals surface area contributed by atoms with E-state index in [4.69, 9.17) is 15.6 Å². The van der Waals surface area contributed by atoms with Crippen molar-refractivity contribution in [2.45, 2.75) is 6.92 Å². The minimum Gasteiger partial charge on any atom is -0.483 e. The molecule has 0 bridgehead atoms. The Bertz CT molecular complexity index is 204. The number of anilines is 1. The normalized spacial score (nSPS) is 7.73. The summed E-state index contributed by atoms with van der Waals surface area (Å²) in [6, 6.07) is 1.88. The highest BCUT2D eigenvalue weighted by Crippen LogP contribution is 2.04. The Kier molecular flexibility index (Phi) is 4.47. The van der Waals surface area contributed by atoms with Crippen LogP contribution in [0.5, 0.6) is 0 Å². The first-order valence-corrected chi connectivity index (χ1v) is 2.96. The van der Waals surface area contributed by atoms with Crippen LogP contribution in [-0.4, -0.2) is 16.6 Å². The Hall–Kier alpha value is -1.58. The molecule has 0 amide bonds. The molecule has 4 heteroatoms. The molecular formula is C7H10N2O2. The first-order valence-electron chi connectivity index (χ1n) is 2.96. The van der Waals surface area contributed by atoms with Gasteiger partial charge in [-0.05, 0) is 18.6 Å². The molecule has 0 atom stereocenters. The van der Waals surface area contributed by atoms with Crippen LogP contribution >= 0.6 is 0 Å². The zero-order chi connectivity index (χ0) is 8.69. The van der Waals surface area contributed by atoms with Crippen molar-refractivity contribution in [3.8, 4) is 0 Å². The molecule has 1 heterocycles. The number of nitrogens with zero attached hydrogens (tertiary/aromatic N) is 1. The monoisotopic (exact) mass is 154 g/mol. The minimum absolute atomic E-state index is 0.250. The van der Waals surface area contributed by atoms with Gasteiger partial charge in [-0.2, -0.15) is 0 Å². The predicted molar refractivity (Wildman–Crippen MR) is 42.1 cm³/mol. The maximum absolute atomic E-state index is 8.36. The summed E-state index contributed by atoms with van der Waals surface area (Å²) in [5.41, 5.74) is 7.30. The number of hydrogen-bond donors (Lipinski definition) is 2. The Balaban J connectivity index is 0.000000292. The number of carboxylic acid groups (broad SMARTS) is 1. The van der Waals surface area contributed by atoms with Crippen LogP contribution in [-0.2, 0) is 4.79 Å². The van der Waals surface area contributed by atoms with E-state index in [0.717, 1.165) is 11.3 Å². The van der Waals surface area contributed by atoms with Gasteiger partial charge in [-0.25, -0.2) is 0 Å². The average molecular weight is 154 g/mol. The molecule has 3 N–H and O–H groups in total. The van der Waals surface area contributed by atoms with E-state index in [1.807, 2.05) is 13.0 Å². The standard InChI is InChI=1S/C6H8N2.CH2O2/c1-5-2-3-8-4-6(5)7;2-1-3/h2-4H,7H2,1H3;1H,(H,2,3). The van der Waals surface area contributed by atoms with Crippen molar-refractivity contribution in [1.29, 1.82) is 0 Å². The predicted octanol–water partition coefficient (Wildman–Crippen LogP) is 0.673. The number of pyridine rings is 1. The summed E-state index contributed by atoms with van der Waals surface area (Å²) in [4.78, 5) is 12.2. The van der Waals surface area contributed by atoms with Crippen LogP contribution in [0.25, 0.3) is 0 Å². The molecule has 0 radical (unpaired) electrons. The number of nitrogens with two attached hydrogens (primary N) is 1. The number of carbonyl (C=O) groups is 1. The number of rotatable bonds is 0. The van der Waals surface area contributed by atoms with E-state index in [0.29, 0.717) is 0 Å². The van der Waals surface area contributed by atoms with Gasteiger partial charge in [0.05, 0.1) is 5.69 Å². The molecule has 1 rings (SSSR count). The Morgan fingerprint density at radius 3 is 2.55 bits per heavy atom. The third-order valence-corrected chi connectivity index (χ3v) is 1.08. The quantitative estimate of drug-likeness (QED) is 0.538. The fourth-order valence-corrected chi connectivity index (χ4v) is 0.476. The zero-order valence-electron chi connectivity index (χ0n) is 6.19. The Morgan fingerprint density at radius 1 is 1.73 bits per heavy atom. The second-order valence-electron chi connectivity index (χ2n) is 1.84. The van der Waals surface area contributed by atoms with Crippen LogP contribution in [0.2, 0.25) is 0 Å². The lowest BCUT2D eigenvalue weighted by Gasteiger charge is -1.92. The summed E-state index contributed by atoms with van der Waals surface area (Å²) in [7, 11) is 0. The molecule has 0 unspecified atom stereocenters. The van der Waals surface area contributed by atoms with Gasteiger partial charge in [-0.1, -0.05) is 0 Å². The van der Waals surface area contributed by atoms with Gasteiger partial charge in [-0.15, -0.1) is 0 Å². The molecule has 0 saturated carbocycles. The van der Waals surface area contributed by atoms with E-state index in [9.17, 15) is 0 Å². The lowest BCUT2D eigenvalue weighted by Crippen LogP contribution is -1.88. The molecule has 60 valence electrons. The van der Waals surface area contributed by atoms with Crippen LogP contribution in [0.3, 0.4) is 0 Å². The maximum Gasteiger partial charge on any atom is 0.290 e. The zero-order valence-corrected chi connectivity index (χ0v) is 6.19. The fourth-order valence-electron chi connectivity index (χ4n) is 0.476. The minimum atomic E-state index is -0.250. The summed E-state index contributed by atoms with van der Waals surface area (Å²) in [6.45, 7) is 1.71. The van der Waals surface area contributed by atoms with Gasteiger partial charge in [0.2, 0.25) is 0 Å². The fraction of sp³-hybridized carbons (Fsp3) is 0.143. The molecule has 0 aliphatic carbocycles. The average Bonchev–Trinajstić information content (AvgIpc) is 1.97. The SMILES string of the molecule is Cc1ccncc1N.O=CO. The first kappa shape index (κ1) is 9.42. The van der Waals surface area contributed by atoms with Gasteiger partial charge in [-0.3, -0.25) is 9.78 Å². The van der Waals surface area contributed by atoms with Crippen molar-refractivity contribution >= 4 is 12.2 Å². The molecule has 0 aliphatic rings. The molecule has 1 aromatic rings. The van der Waals surface area contributed by atoms with Crippen LogP contribution in [0.15, 0.2) is 18.5 Å². The summed E-state index contributed by atoms with van der Waals surface area (Å²) < 4.78 is 0. The van der Waals surface area contributed by atoms with E-state index in [1.54, 1.807) is 12.4 Å². The Labute approximate surface area is 64.7 Å². The molecule has 0 fully saturated rings. The van der Waals surface area contributed by atoms with Crippen molar-refractivity contribution in [2.75, 3.05) is 5.73 Å². The van der Waals surface area contributed by atoms with Crippen LogP contribution in [0.1, 0.15) is 5.56 Å². The van der Waals surface area contributed by atoms with E-state index >= 15 is 0 Å². The molecule has 0 spiro atoms. The Morgan fingerprint density at radius 2 is 2.27 bits per heavy atom. The van der Waals surface area contributed by atoms with Crippen LogP contribution < -0.4 is 5.73 Å². The molecule has 0 aliphatic heterocycles. The topological polar surface area (TPSA) is 76.2 Å². The number of nitrogen functional groups attached to an aromatic ring is 1. The van der Waals surface area contributed by atoms with E-state index in [2.05, 4.69) is 4.98 Å². The highest BCUT2D eigenvalue weighted by atomic mass is 16.3. The summed E-state index contributed by atoms with van der Waals surface area (Å²) in [6.07, 6.45) is 3.38. The van der Waals surface area contributed by atoms with Gasteiger partial charge in [0, 0.05) is 12.4 Å². The largest absolute Gasteiger partial charge is 0.483 e. The molecule has 4 nitrogen and oxygen atoms in total. The molecule has 1 aromatic heterocycles. The lowest BCUT2D eigenvalue weighted by molar-refractivity contribution is -0.122. The van der Waals surface area contributed by atoms with Crippen molar-refractivity contribution in [3.05, 3.63) is 24.0 Å². The number of aromatic nitrogens is 1. The third kappa shape index (κ3) is 3.91. The van der Waals surface area contributed by atoms with E-state index in [1.165, 1.54) is 0 Å². The highest BCUT2D eigenvalue weighted by molar-refractivity contribution is 5.42. The van der Waals surface area contributed by atoms with Gasteiger partial charge < -0.3 is 10.8 Å². The summed E-state index contributed by atoms with van der Waals surface area (Å²) >= 11 is 0. The van der Waals surface area contributed by atoms with Gasteiger partial charge in [0.15, 0.2) is 0 Å². The van der Waals surface area contributed by atoms with Crippen LogP contribution in [0, 0.1) is 6.92 Å². The lowest BCUT2D eigenvalue weighted by atomic mass is 10.3. The molecular weight excluding hydrogens is 144 g/mol. The third-order valence-electron chi connectivity index (χ3n) is 1.08. The van der Waals surface area contributed by atoms with Crippen LogP contribution in [0.4, 0.5) is 5.69 Å². The molecule has 11 heavy (non-hydrogen) atoms. The van der Waals surface area contributed by atoms with Crippen molar-refractivity contribution in [2.24, 2.45) is 0 Å². The summed E-state index contributed by atoms with van der Waals surface area (Å²) in [5.74, 6) is 0.